The van der Waals surface area contributed by atoms with Crippen molar-refractivity contribution in [3.8, 4) is 0 Å². The van der Waals surface area contributed by atoms with Gasteiger partial charge in [-0.15, -0.1) is 5.10 Å². The maximum Gasteiger partial charge on any atom is 0.0692 e. The fourth-order valence-electron chi connectivity index (χ4n) is 3.22. The third-order valence-corrected chi connectivity index (χ3v) is 4.46. The molecule has 3 heterocycles. The van der Waals surface area contributed by atoms with Gasteiger partial charge in [-0.05, 0) is 46.1 Å². The van der Waals surface area contributed by atoms with E-state index < -0.39 is 0 Å². The van der Waals surface area contributed by atoms with Gasteiger partial charge >= 0.3 is 0 Å². The highest BCUT2D eigenvalue weighted by atomic mass is 15.4. The standard InChI is InChI=1S/C16H26N6/c1-13(2)22-12-16(14(3)18-22)11-20-7-4-5-15(9-20)10-21-8-6-17-19-21/h6,8,12-13,15H,4-5,7,9-11H2,1-3H3/t15-/m0/s1. The Labute approximate surface area is 132 Å². The summed E-state index contributed by atoms with van der Waals surface area (Å²) in [4.78, 5) is 2.56. The van der Waals surface area contributed by atoms with Crippen LogP contribution in [-0.4, -0.2) is 42.8 Å². The molecule has 0 radical (unpaired) electrons. The molecule has 0 amide bonds. The van der Waals surface area contributed by atoms with E-state index in [1.807, 2.05) is 10.9 Å². The van der Waals surface area contributed by atoms with Crippen LogP contribution in [-0.2, 0) is 13.1 Å². The molecular weight excluding hydrogens is 276 g/mol. The highest BCUT2D eigenvalue weighted by Gasteiger charge is 2.21. The third-order valence-electron chi connectivity index (χ3n) is 4.46. The lowest BCUT2D eigenvalue weighted by Gasteiger charge is -2.32. The van der Waals surface area contributed by atoms with Crippen LogP contribution >= 0.6 is 0 Å². The third kappa shape index (κ3) is 3.55. The number of rotatable bonds is 5. The molecule has 1 aliphatic rings. The fourth-order valence-corrected chi connectivity index (χ4v) is 3.22. The SMILES string of the molecule is Cc1nn(C(C)C)cc1CN1CCC[C@H](Cn2ccnn2)C1. The van der Waals surface area contributed by atoms with Crippen molar-refractivity contribution < 1.29 is 0 Å². The first-order valence-electron chi connectivity index (χ1n) is 8.23. The Morgan fingerprint density at radius 2 is 2.23 bits per heavy atom. The molecule has 22 heavy (non-hydrogen) atoms. The van der Waals surface area contributed by atoms with Gasteiger partial charge in [-0.1, -0.05) is 5.21 Å². The van der Waals surface area contributed by atoms with Crippen LogP contribution in [0, 0.1) is 12.8 Å². The molecule has 1 fully saturated rings. The van der Waals surface area contributed by atoms with E-state index >= 15 is 0 Å². The molecule has 0 bridgehead atoms. The summed E-state index contributed by atoms with van der Waals surface area (Å²) >= 11 is 0. The molecule has 3 rings (SSSR count). The number of hydrogen-bond acceptors (Lipinski definition) is 4. The average molecular weight is 302 g/mol. The molecule has 6 heteroatoms. The van der Waals surface area contributed by atoms with Crippen molar-refractivity contribution in [2.45, 2.75) is 52.7 Å². The van der Waals surface area contributed by atoms with Crippen molar-refractivity contribution in [3.05, 3.63) is 29.8 Å². The van der Waals surface area contributed by atoms with E-state index in [9.17, 15) is 0 Å². The molecule has 0 spiro atoms. The van der Waals surface area contributed by atoms with E-state index in [1.165, 1.54) is 24.9 Å². The molecule has 2 aromatic rings. The second-order valence-corrected chi connectivity index (χ2v) is 6.68. The van der Waals surface area contributed by atoms with Crippen LogP contribution in [0.15, 0.2) is 18.6 Å². The van der Waals surface area contributed by atoms with Gasteiger partial charge in [0.15, 0.2) is 0 Å². The van der Waals surface area contributed by atoms with Crippen molar-refractivity contribution in [2.24, 2.45) is 5.92 Å². The van der Waals surface area contributed by atoms with E-state index in [2.05, 4.69) is 52.0 Å². The molecule has 6 nitrogen and oxygen atoms in total. The average Bonchev–Trinajstić information content (AvgIpc) is 3.10. The summed E-state index contributed by atoms with van der Waals surface area (Å²) in [5.74, 6) is 0.663. The minimum Gasteiger partial charge on any atom is -0.299 e. The van der Waals surface area contributed by atoms with Crippen LogP contribution in [0.25, 0.3) is 0 Å². The van der Waals surface area contributed by atoms with Gasteiger partial charge in [0.05, 0.1) is 11.9 Å². The predicted molar refractivity (Wildman–Crippen MR) is 85.4 cm³/mol. The number of aryl methyl sites for hydroxylation is 1. The van der Waals surface area contributed by atoms with Crippen LogP contribution in [0.4, 0.5) is 0 Å². The van der Waals surface area contributed by atoms with Crippen LogP contribution < -0.4 is 0 Å². The van der Waals surface area contributed by atoms with E-state index in [1.54, 1.807) is 6.20 Å². The normalized spacial score (nSPS) is 19.9. The first-order chi connectivity index (χ1) is 10.6. The Morgan fingerprint density at radius 1 is 1.36 bits per heavy atom. The Balaban J connectivity index is 1.60. The Hall–Kier alpha value is -1.69. The first kappa shape index (κ1) is 15.2. The molecule has 0 N–H and O–H groups in total. The number of nitrogens with zero attached hydrogens (tertiary/aromatic N) is 6. The van der Waals surface area contributed by atoms with Crippen molar-refractivity contribution in [3.63, 3.8) is 0 Å². The lowest BCUT2D eigenvalue weighted by molar-refractivity contribution is 0.152. The topological polar surface area (TPSA) is 51.8 Å². The van der Waals surface area contributed by atoms with Gasteiger partial charge < -0.3 is 0 Å². The highest BCUT2D eigenvalue weighted by molar-refractivity contribution is 5.15. The van der Waals surface area contributed by atoms with Crippen LogP contribution in [0.2, 0.25) is 0 Å². The summed E-state index contributed by atoms with van der Waals surface area (Å²) in [7, 11) is 0. The summed E-state index contributed by atoms with van der Waals surface area (Å²) in [6.45, 7) is 10.8. The Kier molecular flexibility index (Phi) is 4.57. The first-order valence-corrected chi connectivity index (χ1v) is 8.23. The summed E-state index contributed by atoms with van der Waals surface area (Å²) in [5.41, 5.74) is 2.52. The number of aromatic nitrogens is 5. The number of likely N-dealkylation sites (tertiary alicyclic amines) is 1. The largest absolute Gasteiger partial charge is 0.299 e. The second-order valence-electron chi connectivity index (χ2n) is 6.68. The molecule has 1 atom stereocenters. The Morgan fingerprint density at radius 3 is 2.91 bits per heavy atom. The monoisotopic (exact) mass is 302 g/mol. The van der Waals surface area contributed by atoms with Gasteiger partial charge in [-0.3, -0.25) is 14.3 Å². The zero-order valence-electron chi connectivity index (χ0n) is 13.8. The van der Waals surface area contributed by atoms with Crippen LogP contribution in [0.3, 0.4) is 0 Å². The fraction of sp³-hybridized carbons (Fsp3) is 0.688. The number of piperidine rings is 1. The molecule has 0 unspecified atom stereocenters. The summed E-state index contributed by atoms with van der Waals surface area (Å²) < 4.78 is 4.03. The van der Waals surface area contributed by atoms with Crippen LogP contribution in [0.1, 0.15) is 44.0 Å². The zero-order valence-corrected chi connectivity index (χ0v) is 13.8. The molecule has 0 aromatic carbocycles. The van der Waals surface area contributed by atoms with Crippen LogP contribution in [0.5, 0.6) is 0 Å². The molecular formula is C16H26N6. The molecule has 1 aliphatic heterocycles. The van der Waals surface area contributed by atoms with Gasteiger partial charge in [-0.25, -0.2) is 0 Å². The van der Waals surface area contributed by atoms with Gasteiger partial charge in [0.2, 0.25) is 0 Å². The van der Waals surface area contributed by atoms with Gasteiger partial charge in [-0.2, -0.15) is 5.10 Å². The van der Waals surface area contributed by atoms with Crippen molar-refractivity contribution in [1.29, 1.82) is 0 Å². The minimum atomic E-state index is 0.425. The van der Waals surface area contributed by atoms with Crippen molar-refractivity contribution in [2.75, 3.05) is 13.1 Å². The van der Waals surface area contributed by atoms with Gasteiger partial charge in [0, 0.05) is 43.6 Å². The minimum absolute atomic E-state index is 0.425. The molecule has 1 saturated heterocycles. The number of hydrogen-bond donors (Lipinski definition) is 0. The quantitative estimate of drug-likeness (QED) is 0.850. The van der Waals surface area contributed by atoms with E-state index in [0.29, 0.717) is 12.0 Å². The highest BCUT2D eigenvalue weighted by Crippen LogP contribution is 2.21. The second kappa shape index (κ2) is 6.60. The Bertz CT molecular complexity index is 586. The summed E-state index contributed by atoms with van der Waals surface area (Å²) in [6.07, 6.45) is 8.46. The summed E-state index contributed by atoms with van der Waals surface area (Å²) in [5, 5.41) is 12.6. The zero-order chi connectivity index (χ0) is 15.5. The maximum atomic E-state index is 4.62. The summed E-state index contributed by atoms with van der Waals surface area (Å²) in [6, 6.07) is 0.425. The smallest absolute Gasteiger partial charge is 0.0692 e. The molecule has 120 valence electrons. The predicted octanol–water partition coefficient (Wildman–Crippen LogP) is 2.28. The van der Waals surface area contributed by atoms with Gasteiger partial charge in [0.25, 0.3) is 0 Å². The lowest BCUT2D eigenvalue weighted by Crippen LogP contribution is -2.36. The van der Waals surface area contributed by atoms with E-state index in [-0.39, 0.29) is 0 Å². The molecule has 2 aromatic heterocycles. The lowest BCUT2D eigenvalue weighted by atomic mass is 9.97. The van der Waals surface area contributed by atoms with Gasteiger partial charge in [0.1, 0.15) is 0 Å². The van der Waals surface area contributed by atoms with E-state index in [0.717, 1.165) is 25.3 Å². The van der Waals surface area contributed by atoms with Crippen molar-refractivity contribution in [1.82, 2.24) is 29.7 Å². The maximum absolute atomic E-state index is 4.62. The van der Waals surface area contributed by atoms with Crippen molar-refractivity contribution >= 4 is 0 Å². The molecule has 0 aliphatic carbocycles. The van der Waals surface area contributed by atoms with E-state index in [4.69, 9.17) is 0 Å². The molecule has 0 saturated carbocycles.